The molecule has 0 atom stereocenters. The molecule has 9 nitrogen and oxygen atoms in total. The summed E-state index contributed by atoms with van der Waals surface area (Å²) in [6.45, 7) is 1.28. The van der Waals surface area contributed by atoms with Crippen LogP contribution in [0.15, 0.2) is 67.1 Å². The van der Waals surface area contributed by atoms with Crippen LogP contribution in [0.2, 0.25) is 0 Å². The van der Waals surface area contributed by atoms with Gasteiger partial charge in [-0.1, -0.05) is 24.3 Å². The molecule has 0 bridgehead atoms. The van der Waals surface area contributed by atoms with Gasteiger partial charge in [-0.15, -0.1) is 0 Å². The predicted octanol–water partition coefficient (Wildman–Crippen LogP) is 2.80. The first-order valence-electron chi connectivity index (χ1n) is 11.2. The summed E-state index contributed by atoms with van der Waals surface area (Å²) in [6.07, 6.45) is 4.69. The van der Waals surface area contributed by atoms with Crippen molar-refractivity contribution in [1.82, 2.24) is 24.8 Å². The van der Waals surface area contributed by atoms with Crippen molar-refractivity contribution in [3.05, 3.63) is 78.2 Å². The molecule has 5 rings (SSSR count). The summed E-state index contributed by atoms with van der Waals surface area (Å²) in [7, 11) is 1.49. The first-order valence-corrected chi connectivity index (χ1v) is 11.2. The zero-order valence-corrected chi connectivity index (χ0v) is 19.1. The average Bonchev–Trinajstić information content (AvgIpc) is 3.38. The third kappa shape index (κ3) is 4.12. The second-order valence-corrected chi connectivity index (χ2v) is 8.12. The Morgan fingerprint density at radius 2 is 1.63 bits per heavy atom. The van der Waals surface area contributed by atoms with Crippen molar-refractivity contribution in [3.63, 3.8) is 0 Å². The number of amides is 2. The summed E-state index contributed by atoms with van der Waals surface area (Å²) in [6, 6.07) is 14.5. The molecule has 1 aliphatic heterocycles. The molecule has 1 aromatic carbocycles. The molecule has 0 unspecified atom stereocenters. The zero-order valence-electron chi connectivity index (χ0n) is 19.1. The number of nitrogens with one attached hydrogen (secondary N) is 1. The molecule has 0 saturated carbocycles. The number of piperazine rings is 1. The number of carbonyl (C=O) groups is 3. The highest BCUT2D eigenvalue weighted by atomic mass is 16.5. The van der Waals surface area contributed by atoms with Gasteiger partial charge >= 0.3 is 0 Å². The highest BCUT2D eigenvalue weighted by Crippen LogP contribution is 2.34. The largest absolute Gasteiger partial charge is 0.494 e. The average molecular weight is 470 g/mol. The maximum absolute atomic E-state index is 13.3. The molecule has 4 heterocycles. The van der Waals surface area contributed by atoms with Gasteiger partial charge in [-0.2, -0.15) is 0 Å². The van der Waals surface area contributed by atoms with E-state index in [1.165, 1.54) is 24.4 Å². The summed E-state index contributed by atoms with van der Waals surface area (Å²) in [4.78, 5) is 54.2. The van der Waals surface area contributed by atoms with Crippen LogP contribution in [0.4, 0.5) is 0 Å². The van der Waals surface area contributed by atoms with Crippen LogP contribution in [0.25, 0.3) is 22.3 Å². The van der Waals surface area contributed by atoms with Gasteiger partial charge < -0.3 is 19.5 Å². The van der Waals surface area contributed by atoms with Crippen molar-refractivity contribution in [3.8, 4) is 17.1 Å². The van der Waals surface area contributed by atoms with Crippen molar-refractivity contribution in [2.75, 3.05) is 33.3 Å². The second kappa shape index (κ2) is 9.38. The number of aromatic amines is 1. The summed E-state index contributed by atoms with van der Waals surface area (Å²) >= 11 is 0. The SMILES string of the molecule is COc1cnc(-c2ccccn2)c2[nH]cc(C(=O)C(=O)N3CCN(C(=O)c4ccccc4)CC3)c12. The summed E-state index contributed by atoms with van der Waals surface area (Å²) in [5.41, 5.74) is 2.57. The third-order valence-electron chi connectivity index (χ3n) is 6.12. The van der Waals surface area contributed by atoms with Crippen LogP contribution in [-0.4, -0.2) is 75.6 Å². The van der Waals surface area contributed by atoms with Crippen LogP contribution in [0, 0.1) is 0 Å². The van der Waals surface area contributed by atoms with E-state index in [4.69, 9.17) is 4.74 Å². The van der Waals surface area contributed by atoms with Crippen LogP contribution >= 0.6 is 0 Å². The first-order chi connectivity index (χ1) is 17.1. The molecule has 0 spiro atoms. The lowest BCUT2D eigenvalue weighted by atomic mass is 10.1. The fourth-order valence-corrected chi connectivity index (χ4v) is 4.28. The Kier molecular flexibility index (Phi) is 5.97. The van der Waals surface area contributed by atoms with Gasteiger partial charge in [-0.3, -0.25) is 19.4 Å². The summed E-state index contributed by atoms with van der Waals surface area (Å²) < 4.78 is 5.45. The van der Waals surface area contributed by atoms with Crippen LogP contribution in [0.1, 0.15) is 20.7 Å². The molecule has 1 N–H and O–H groups in total. The number of rotatable bonds is 5. The van der Waals surface area contributed by atoms with E-state index in [2.05, 4.69) is 15.0 Å². The number of benzene rings is 1. The molecule has 4 aromatic rings. The normalized spacial score (nSPS) is 13.6. The number of aromatic nitrogens is 3. The minimum atomic E-state index is -0.643. The van der Waals surface area contributed by atoms with Gasteiger partial charge in [-0.25, -0.2) is 4.98 Å². The molecule has 3 aromatic heterocycles. The smallest absolute Gasteiger partial charge is 0.295 e. The Bertz CT molecular complexity index is 1390. The summed E-state index contributed by atoms with van der Waals surface area (Å²) in [5, 5.41) is 0.486. The number of pyridine rings is 2. The molecule has 0 aliphatic carbocycles. The van der Waals surface area contributed by atoms with Gasteiger partial charge in [-0.05, 0) is 24.3 Å². The highest BCUT2D eigenvalue weighted by Gasteiger charge is 2.31. The molecular weight excluding hydrogens is 446 g/mol. The van der Waals surface area contributed by atoms with E-state index in [0.29, 0.717) is 46.7 Å². The zero-order chi connectivity index (χ0) is 24.4. The number of carbonyl (C=O) groups excluding carboxylic acids is 3. The monoisotopic (exact) mass is 469 g/mol. The molecule has 176 valence electrons. The number of nitrogens with zero attached hydrogens (tertiary/aromatic N) is 4. The van der Waals surface area contributed by atoms with E-state index in [1.807, 2.05) is 30.3 Å². The fraction of sp³-hybridized carbons (Fsp3) is 0.192. The molecule has 9 heteroatoms. The van der Waals surface area contributed by atoms with Gasteiger partial charge in [0.15, 0.2) is 0 Å². The van der Waals surface area contributed by atoms with Crippen molar-refractivity contribution >= 4 is 28.5 Å². The molecule has 1 fully saturated rings. The molecular formula is C26H23N5O4. The Labute approximate surface area is 201 Å². The van der Waals surface area contributed by atoms with Crippen LogP contribution < -0.4 is 4.74 Å². The third-order valence-corrected chi connectivity index (χ3v) is 6.12. The lowest BCUT2D eigenvalue weighted by Crippen LogP contribution is -2.52. The van der Waals surface area contributed by atoms with Gasteiger partial charge in [0.1, 0.15) is 11.4 Å². The number of H-pyrrole nitrogens is 1. The molecule has 2 amide bonds. The maximum atomic E-state index is 13.3. The van der Waals surface area contributed by atoms with E-state index < -0.39 is 11.7 Å². The van der Waals surface area contributed by atoms with Crippen LogP contribution in [-0.2, 0) is 4.79 Å². The van der Waals surface area contributed by atoms with Crippen LogP contribution in [0.5, 0.6) is 5.75 Å². The molecule has 35 heavy (non-hydrogen) atoms. The van der Waals surface area contributed by atoms with Gasteiger partial charge in [0.05, 0.1) is 35.5 Å². The Morgan fingerprint density at radius 3 is 2.31 bits per heavy atom. The van der Waals surface area contributed by atoms with Gasteiger partial charge in [0, 0.05) is 44.1 Å². The maximum Gasteiger partial charge on any atom is 0.295 e. The Balaban J connectivity index is 1.37. The summed E-state index contributed by atoms with van der Waals surface area (Å²) in [5.74, 6) is -0.957. The molecule has 1 saturated heterocycles. The lowest BCUT2D eigenvalue weighted by molar-refractivity contribution is -0.127. The van der Waals surface area contributed by atoms with Gasteiger partial charge in [0.25, 0.3) is 17.6 Å². The number of methoxy groups -OCH3 is 1. The van der Waals surface area contributed by atoms with E-state index in [0.717, 1.165) is 0 Å². The van der Waals surface area contributed by atoms with E-state index in [-0.39, 0.29) is 24.6 Å². The van der Waals surface area contributed by atoms with Crippen molar-refractivity contribution in [2.45, 2.75) is 0 Å². The Morgan fingerprint density at radius 1 is 0.914 bits per heavy atom. The highest BCUT2D eigenvalue weighted by molar-refractivity contribution is 6.45. The first kappa shape index (κ1) is 22.3. The van der Waals surface area contributed by atoms with Gasteiger partial charge in [0.2, 0.25) is 0 Å². The number of hydrogen-bond donors (Lipinski definition) is 1. The number of Topliss-reactive ketones (excluding diaryl/α,β-unsaturated/α-hetero) is 1. The minimum absolute atomic E-state index is 0.0834. The lowest BCUT2D eigenvalue weighted by Gasteiger charge is -2.34. The van der Waals surface area contributed by atoms with E-state index >= 15 is 0 Å². The minimum Gasteiger partial charge on any atom is -0.494 e. The number of fused-ring (bicyclic) bond motifs is 1. The second-order valence-electron chi connectivity index (χ2n) is 8.12. The molecule has 1 aliphatic rings. The van der Waals surface area contributed by atoms with Crippen molar-refractivity contribution in [2.24, 2.45) is 0 Å². The van der Waals surface area contributed by atoms with E-state index in [1.54, 1.807) is 29.3 Å². The number of hydrogen-bond acceptors (Lipinski definition) is 6. The number of ketones is 1. The Hall–Kier alpha value is -4.53. The fourth-order valence-electron chi connectivity index (χ4n) is 4.28. The molecule has 0 radical (unpaired) electrons. The van der Waals surface area contributed by atoms with Crippen LogP contribution in [0.3, 0.4) is 0 Å². The standard InChI is InChI=1S/C26H23N5O4/c1-35-20-16-29-22(19-9-5-6-10-27-19)23-21(20)18(15-28-23)24(32)26(34)31-13-11-30(12-14-31)25(33)17-7-3-2-4-8-17/h2-10,15-16,28H,11-14H2,1H3. The number of ether oxygens (including phenoxy) is 1. The topological polar surface area (TPSA) is 108 Å². The predicted molar refractivity (Wildman–Crippen MR) is 129 cm³/mol. The van der Waals surface area contributed by atoms with E-state index in [9.17, 15) is 14.4 Å². The van der Waals surface area contributed by atoms with Crippen molar-refractivity contribution in [1.29, 1.82) is 0 Å². The quantitative estimate of drug-likeness (QED) is 0.356. The van der Waals surface area contributed by atoms with Crippen molar-refractivity contribution < 1.29 is 19.1 Å².